The third-order valence-corrected chi connectivity index (χ3v) is 7.34. The second kappa shape index (κ2) is 14.8. The average Bonchev–Trinajstić information content (AvgIpc) is 3.46. The number of rotatable bonds is 13. The Hall–Kier alpha value is -5.44. The third-order valence-electron chi connectivity index (χ3n) is 7.34. The maximum atomic E-state index is 14.5. The first kappa shape index (κ1) is 31.0. The molecular formula is C35H32FN5O4. The lowest BCUT2D eigenvalue weighted by Gasteiger charge is -2.30. The van der Waals surface area contributed by atoms with Gasteiger partial charge in [-0.15, -0.1) is 0 Å². The van der Waals surface area contributed by atoms with Gasteiger partial charge in [-0.1, -0.05) is 90.1 Å². The van der Waals surface area contributed by atoms with E-state index in [2.05, 4.69) is 15.3 Å². The quantitative estimate of drug-likeness (QED) is 0.0722. The molecule has 0 saturated carbocycles. The first-order chi connectivity index (χ1) is 22.0. The van der Waals surface area contributed by atoms with Crippen LogP contribution >= 0.6 is 0 Å². The van der Waals surface area contributed by atoms with Crippen molar-refractivity contribution >= 4 is 23.6 Å². The van der Waals surface area contributed by atoms with Gasteiger partial charge in [-0.3, -0.25) is 4.79 Å². The van der Waals surface area contributed by atoms with Crippen LogP contribution < -0.4 is 10.1 Å². The number of carbonyl (C=O) groups is 1. The van der Waals surface area contributed by atoms with Gasteiger partial charge in [-0.25, -0.2) is 9.38 Å². The molecule has 0 bridgehead atoms. The van der Waals surface area contributed by atoms with E-state index in [4.69, 9.17) is 19.6 Å². The van der Waals surface area contributed by atoms with Crippen LogP contribution in [0.15, 0.2) is 119 Å². The fourth-order valence-electron chi connectivity index (χ4n) is 5.05. The number of nitrogens with zero attached hydrogens (tertiary/aromatic N) is 4. The monoisotopic (exact) mass is 605 g/mol. The number of amides is 1. The van der Waals surface area contributed by atoms with E-state index in [9.17, 15) is 14.7 Å². The summed E-state index contributed by atoms with van der Waals surface area (Å²) in [5.41, 5.74) is 10.4. The number of nitrogens with one attached hydrogen (secondary N) is 1. The zero-order chi connectivity index (χ0) is 31.5. The van der Waals surface area contributed by atoms with Crippen molar-refractivity contribution in [1.29, 1.82) is 0 Å². The molecule has 0 fully saturated rings. The highest BCUT2D eigenvalue weighted by Gasteiger charge is 2.53. The van der Waals surface area contributed by atoms with Gasteiger partial charge in [0.15, 0.2) is 11.6 Å². The molecule has 4 aromatic rings. The fraction of sp³-hybridized carbons (Fsp3) is 0.200. The van der Waals surface area contributed by atoms with Crippen LogP contribution in [0, 0.1) is 5.82 Å². The molecular weight excluding hydrogens is 573 g/mol. The van der Waals surface area contributed by atoms with Crippen molar-refractivity contribution in [3.05, 3.63) is 148 Å². The van der Waals surface area contributed by atoms with Crippen LogP contribution in [0.2, 0.25) is 0 Å². The van der Waals surface area contributed by atoms with Gasteiger partial charge in [0, 0.05) is 53.3 Å². The van der Waals surface area contributed by atoms with Crippen LogP contribution in [-0.4, -0.2) is 35.7 Å². The normalized spacial score (nSPS) is 17.3. The predicted molar refractivity (Wildman–Crippen MR) is 170 cm³/mol. The molecule has 0 radical (unpaired) electrons. The molecule has 10 heteroatoms. The van der Waals surface area contributed by atoms with Crippen molar-refractivity contribution in [2.24, 2.45) is 10.1 Å². The van der Waals surface area contributed by atoms with Gasteiger partial charge in [0.05, 0.1) is 6.61 Å². The summed E-state index contributed by atoms with van der Waals surface area (Å²) in [6.07, 6.45) is 3.39. The van der Waals surface area contributed by atoms with Gasteiger partial charge in [0.25, 0.3) is 5.91 Å². The number of carbonyl (C=O) groups excluding carboxylic acids is 1. The minimum absolute atomic E-state index is 0.0290. The summed E-state index contributed by atoms with van der Waals surface area (Å²) >= 11 is 0. The predicted octanol–water partition coefficient (Wildman–Crippen LogP) is 7.21. The molecule has 0 aliphatic carbocycles. The molecule has 1 amide bonds. The van der Waals surface area contributed by atoms with Crippen LogP contribution in [0.3, 0.4) is 0 Å². The van der Waals surface area contributed by atoms with Crippen LogP contribution in [0.4, 0.5) is 10.1 Å². The van der Waals surface area contributed by atoms with Crippen molar-refractivity contribution in [2.75, 3.05) is 13.2 Å². The standard InChI is InChI=1S/C35H32FN5O4/c36-30-15-6-4-13-27(30)24-38-34(43)35(21-8-12-25-10-2-1-3-11-25)32(29-14-5-7-16-31(29)40-41-37)45-33(39-35)26-17-19-28(20-18-26)44-23-9-22-42/h1-8,10-20,32,42H,9,21-24H2,(H,38,43)/b12-8+/t32-,35-/m1/s1. The second-order valence-corrected chi connectivity index (χ2v) is 10.3. The number of benzene rings is 4. The first-order valence-electron chi connectivity index (χ1n) is 14.5. The molecule has 2 N–H and O–H groups in total. The van der Waals surface area contributed by atoms with Gasteiger partial charge in [-0.05, 0) is 41.4 Å². The average molecular weight is 606 g/mol. The van der Waals surface area contributed by atoms with E-state index in [0.29, 0.717) is 41.2 Å². The zero-order valence-electron chi connectivity index (χ0n) is 24.4. The summed E-state index contributed by atoms with van der Waals surface area (Å²) in [5, 5.41) is 15.8. The van der Waals surface area contributed by atoms with Gasteiger partial charge in [0.1, 0.15) is 11.6 Å². The van der Waals surface area contributed by atoms with Gasteiger partial charge < -0.3 is 19.9 Å². The summed E-state index contributed by atoms with van der Waals surface area (Å²) in [6, 6.07) is 29.8. The summed E-state index contributed by atoms with van der Waals surface area (Å²) < 4.78 is 26.7. The molecule has 1 heterocycles. The molecule has 1 aliphatic rings. The van der Waals surface area contributed by atoms with E-state index in [0.717, 1.165) is 5.56 Å². The van der Waals surface area contributed by atoms with Crippen LogP contribution in [0.1, 0.15) is 41.2 Å². The molecule has 9 nitrogen and oxygen atoms in total. The lowest BCUT2D eigenvalue weighted by molar-refractivity contribution is -0.129. The van der Waals surface area contributed by atoms with Crippen LogP contribution in [0.5, 0.6) is 5.75 Å². The molecule has 0 saturated heterocycles. The largest absolute Gasteiger partial charge is 0.494 e. The van der Waals surface area contributed by atoms with E-state index in [1.807, 2.05) is 42.5 Å². The Labute approximate surface area is 260 Å². The molecule has 228 valence electrons. The van der Waals surface area contributed by atoms with Crippen molar-refractivity contribution in [3.63, 3.8) is 0 Å². The number of azide groups is 1. The Morgan fingerprint density at radius 1 is 1.04 bits per heavy atom. The van der Waals surface area contributed by atoms with Gasteiger partial charge in [-0.2, -0.15) is 0 Å². The third kappa shape index (κ3) is 7.38. The number of ether oxygens (including phenoxy) is 2. The van der Waals surface area contributed by atoms with Crippen molar-refractivity contribution in [2.45, 2.75) is 31.0 Å². The summed E-state index contributed by atoms with van der Waals surface area (Å²) in [4.78, 5) is 22.3. The zero-order valence-corrected chi connectivity index (χ0v) is 24.4. The molecule has 0 spiro atoms. The number of aliphatic hydroxyl groups excluding tert-OH is 1. The van der Waals surface area contributed by atoms with E-state index in [1.165, 1.54) is 6.07 Å². The van der Waals surface area contributed by atoms with E-state index < -0.39 is 23.4 Å². The highest BCUT2D eigenvalue weighted by molar-refractivity contribution is 6.01. The van der Waals surface area contributed by atoms with Crippen molar-refractivity contribution in [3.8, 4) is 5.75 Å². The number of hydrogen-bond donors (Lipinski definition) is 2. The topological polar surface area (TPSA) is 129 Å². The van der Waals surface area contributed by atoms with Crippen molar-refractivity contribution in [1.82, 2.24) is 5.32 Å². The molecule has 5 rings (SSSR count). The van der Waals surface area contributed by atoms with E-state index in [1.54, 1.807) is 66.7 Å². The molecule has 45 heavy (non-hydrogen) atoms. The number of aliphatic hydroxyl groups is 1. The number of hydrogen-bond acceptors (Lipinski definition) is 6. The van der Waals surface area contributed by atoms with Gasteiger partial charge >= 0.3 is 0 Å². The van der Waals surface area contributed by atoms with Gasteiger partial charge in [0.2, 0.25) is 5.90 Å². The number of aliphatic imine (C=N–C) groups is 1. The fourth-order valence-corrected chi connectivity index (χ4v) is 5.05. The maximum absolute atomic E-state index is 14.5. The Kier molecular flexibility index (Phi) is 10.2. The summed E-state index contributed by atoms with van der Waals surface area (Å²) in [5.74, 6) is -0.0973. The molecule has 2 atom stereocenters. The lowest BCUT2D eigenvalue weighted by Crippen LogP contribution is -2.47. The first-order valence-corrected chi connectivity index (χ1v) is 14.5. The molecule has 4 aromatic carbocycles. The van der Waals surface area contributed by atoms with E-state index in [-0.39, 0.29) is 25.5 Å². The Morgan fingerprint density at radius 2 is 1.78 bits per heavy atom. The maximum Gasteiger partial charge on any atom is 0.252 e. The van der Waals surface area contributed by atoms with Crippen LogP contribution in [0.25, 0.3) is 16.5 Å². The molecule has 0 aromatic heterocycles. The number of halogens is 1. The molecule has 0 unspecified atom stereocenters. The lowest BCUT2D eigenvalue weighted by atomic mass is 9.83. The van der Waals surface area contributed by atoms with Crippen LogP contribution in [-0.2, 0) is 16.1 Å². The highest BCUT2D eigenvalue weighted by Crippen LogP contribution is 2.45. The Balaban J connectivity index is 1.58. The SMILES string of the molecule is [N-]=[N+]=Nc1ccccc1[C@H]1OC(c2ccc(OCCCO)cc2)=N[C@@]1(C/C=C/c1ccccc1)C(=O)NCc1ccccc1F. The minimum Gasteiger partial charge on any atom is -0.494 e. The second-order valence-electron chi connectivity index (χ2n) is 10.3. The summed E-state index contributed by atoms with van der Waals surface area (Å²) in [7, 11) is 0. The Morgan fingerprint density at radius 3 is 2.53 bits per heavy atom. The van der Waals surface area contributed by atoms with E-state index >= 15 is 0 Å². The smallest absolute Gasteiger partial charge is 0.252 e. The summed E-state index contributed by atoms with van der Waals surface area (Å²) in [6.45, 7) is 0.330. The highest BCUT2D eigenvalue weighted by atomic mass is 19.1. The minimum atomic E-state index is -1.55. The Bertz CT molecular complexity index is 1720. The van der Waals surface area contributed by atoms with Crippen molar-refractivity contribution < 1.29 is 23.8 Å². The molecule has 1 aliphatic heterocycles.